The van der Waals surface area contributed by atoms with E-state index in [1.54, 1.807) is 11.6 Å². The molecule has 0 spiro atoms. The van der Waals surface area contributed by atoms with Crippen molar-refractivity contribution in [3.8, 4) is 0 Å². The molecule has 0 aliphatic carbocycles. The summed E-state index contributed by atoms with van der Waals surface area (Å²) in [5, 5.41) is 2.75. The third-order valence-electron chi connectivity index (χ3n) is 5.03. The standard InChI is InChI=1S/C17H28N2O3SSi/c1-12-11-23-15-13(12)14(20)19(16(21)18(15)5)9-8-10-22-24(6,7)17(2,3)4/h11H,8-10H2,1-7H3. The van der Waals surface area contributed by atoms with Crippen LogP contribution in [0, 0.1) is 6.92 Å². The quantitative estimate of drug-likeness (QED) is 0.600. The molecule has 5 nitrogen and oxygen atoms in total. The van der Waals surface area contributed by atoms with Gasteiger partial charge in [0.1, 0.15) is 4.83 Å². The molecule has 0 unspecified atom stereocenters. The monoisotopic (exact) mass is 368 g/mol. The third kappa shape index (κ3) is 3.43. The van der Waals surface area contributed by atoms with Gasteiger partial charge in [0.05, 0.1) is 5.39 Å². The number of thiophene rings is 1. The smallest absolute Gasteiger partial charge is 0.331 e. The van der Waals surface area contributed by atoms with Crippen LogP contribution < -0.4 is 11.2 Å². The fourth-order valence-electron chi connectivity index (χ4n) is 2.39. The van der Waals surface area contributed by atoms with Gasteiger partial charge in [0, 0.05) is 20.2 Å². The molecule has 0 radical (unpaired) electrons. The summed E-state index contributed by atoms with van der Waals surface area (Å²) in [5.41, 5.74) is 0.503. The highest BCUT2D eigenvalue weighted by Gasteiger charge is 2.36. The van der Waals surface area contributed by atoms with Crippen LogP contribution in [-0.2, 0) is 18.0 Å². The van der Waals surface area contributed by atoms with Crippen LogP contribution in [-0.4, -0.2) is 24.1 Å². The Morgan fingerprint density at radius 1 is 1.25 bits per heavy atom. The molecule has 0 bridgehead atoms. The second-order valence-electron chi connectivity index (χ2n) is 7.86. The molecule has 0 saturated carbocycles. The molecule has 0 fully saturated rings. The van der Waals surface area contributed by atoms with E-state index in [1.807, 2.05) is 12.3 Å². The van der Waals surface area contributed by atoms with E-state index in [0.29, 0.717) is 25.0 Å². The molecule has 7 heteroatoms. The molecule has 0 saturated heterocycles. The van der Waals surface area contributed by atoms with Crippen LogP contribution in [0.5, 0.6) is 0 Å². The van der Waals surface area contributed by atoms with Crippen molar-refractivity contribution in [1.29, 1.82) is 0 Å². The molecular weight excluding hydrogens is 340 g/mol. The number of aryl methyl sites for hydroxylation is 2. The summed E-state index contributed by atoms with van der Waals surface area (Å²) in [7, 11) is -0.0672. The van der Waals surface area contributed by atoms with E-state index in [1.165, 1.54) is 15.9 Å². The lowest BCUT2D eigenvalue weighted by Gasteiger charge is -2.36. The summed E-state index contributed by atoms with van der Waals surface area (Å²) in [6.07, 6.45) is 0.663. The summed E-state index contributed by atoms with van der Waals surface area (Å²) in [6.45, 7) is 13.9. The average Bonchev–Trinajstić information content (AvgIpc) is 2.85. The van der Waals surface area contributed by atoms with Gasteiger partial charge in [-0.1, -0.05) is 20.8 Å². The van der Waals surface area contributed by atoms with Gasteiger partial charge in [-0.25, -0.2) is 4.79 Å². The van der Waals surface area contributed by atoms with Gasteiger partial charge >= 0.3 is 5.69 Å². The zero-order valence-electron chi connectivity index (χ0n) is 15.7. The fourth-order valence-corrected chi connectivity index (χ4v) is 4.49. The van der Waals surface area contributed by atoms with Gasteiger partial charge in [0.15, 0.2) is 8.32 Å². The fraction of sp³-hybridized carbons (Fsp3) is 0.647. The lowest BCUT2D eigenvalue weighted by molar-refractivity contribution is 0.273. The number of hydrogen-bond donors (Lipinski definition) is 0. The Hall–Kier alpha value is -1.18. The van der Waals surface area contributed by atoms with Crippen LogP contribution in [0.1, 0.15) is 32.8 Å². The Labute approximate surface area is 148 Å². The third-order valence-corrected chi connectivity index (χ3v) is 10.7. The van der Waals surface area contributed by atoms with Crippen molar-refractivity contribution >= 4 is 29.9 Å². The number of hydrogen-bond acceptors (Lipinski definition) is 4. The highest BCUT2D eigenvalue weighted by molar-refractivity contribution is 7.17. The zero-order valence-corrected chi connectivity index (χ0v) is 17.5. The van der Waals surface area contributed by atoms with E-state index >= 15 is 0 Å². The van der Waals surface area contributed by atoms with Crippen molar-refractivity contribution in [2.75, 3.05) is 6.61 Å². The SMILES string of the molecule is Cc1csc2c1c(=O)n(CCCO[Si](C)(C)C(C)(C)C)c(=O)n2C. The van der Waals surface area contributed by atoms with Crippen LogP contribution in [0.25, 0.3) is 10.2 Å². The molecule has 0 atom stereocenters. The van der Waals surface area contributed by atoms with E-state index in [0.717, 1.165) is 10.4 Å². The summed E-state index contributed by atoms with van der Waals surface area (Å²) in [6, 6.07) is 0. The molecule has 0 amide bonds. The van der Waals surface area contributed by atoms with Crippen molar-refractivity contribution < 1.29 is 4.43 Å². The Kier molecular flexibility index (Phi) is 5.27. The molecular formula is C17H28N2O3SSi. The lowest BCUT2D eigenvalue weighted by atomic mass is 10.2. The second-order valence-corrected chi connectivity index (χ2v) is 13.5. The van der Waals surface area contributed by atoms with Crippen molar-refractivity contribution in [2.24, 2.45) is 7.05 Å². The maximum Gasteiger partial charge on any atom is 0.331 e. The van der Waals surface area contributed by atoms with Gasteiger partial charge < -0.3 is 4.43 Å². The van der Waals surface area contributed by atoms with Crippen molar-refractivity contribution in [2.45, 2.75) is 58.8 Å². The van der Waals surface area contributed by atoms with Crippen LogP contribution in [0.2, 0.25) is 18.1 Å². The molecule has 2 aromatic heterocycles. The van der Waals surface area contributed by atoms with Crippen LogP contribution in [0.3, 0.4) is 0 Å². The molecule has 2 rings (SSSR count). The Balaban J connectivity index is 2.19. The summed E-state index contributed by atoms with van der Waals surface area (Å²) < 4.78 is 9.06. The summed E-state index contributed by atoms with van der Waals surface area (Å²) in [5.74, 6) is 0. The first kappa shape index (κ1) is 19.1. The predicted molar refractivity (Wildman–Crippen MR) is 104 cm³/mol. The first-order chi connectivity index (χ1) is 11.0. The second kappa shape index (κ2) is 6.61. The molecule has 24 heavy (non-hydrogen) atoms. The first-order valence-electron chi connectivity index (χ1n) is 8.29. The van der Waals surface area contributed by atoms with Crippen molar-refractivity contribution in [3.05, 3.63) is 31.8 Å². The van der Waals surface area contributed by atoms with Crippen molar-refractivity contribution in [1.82, 2.24) is 9.13 Å². The molecule has 2 heterocycles. The largest absolute Gasteiger partial charge is 0.417 e. The lowest BCUT2D eigenvalue weighted by Crippen LogP contribution is -2.42. The number of aromatic nitrogens is 2. The molecule has 0 aromatic carbocycles. The molecule has 0 N–H and O–H groups in total. The first-order valence-corrected chi connectivity index (χ1v) is 12.1. The normalized spacial score (nSPS) is 13.0. The van der Waals surface area contributed by atoms with E-state index in [-0.39, 0.29) is 16.3 Å². The van der Waals surface area contributed by atoms with Crippen LogP contribution in [0.15, 0.2) is 15.0 Å². The molecule has 0 aliphatic heterocycles. The Bertz CT molecular complexity index is 856. The minimum Gasteiger partial charge on any atom is -0.417 e. The van der Waals surface area contributed by atoms with Gasteiger partial charge in [0.2, 0.25) is 0 Å². The summed E-state index contributed by atoms with van der Waals surface area (Å²) in [4.78, 5) is 25.9. The number of fused-ring (bicyclic) bond motifs is 1. The molecule has 134 valence electrons. The van der Waals surface area contributed by atoms with Gasteiger partial charge in [-0.15, -0.1) is 11.3 Å². The zero-order chi connectivity index (χ0) is 18.3. The molecule has 0 aliphatic rings. The Morgan fingerprint density at radius 2 is 1.88 bits per heavy atom. The molecule has 2 aromatic rings. The van der Waals surface area contributed by atoms with Gasteiger partial charge in [0.25, 0.3) is 5.56 Å². The maximum atomic E-state index is 12.7. The number of rotatable bonds is 5. The van der Waals surface area contributed by atoms with Crippen molar-refractivity contribution in [3.63, 3.8) is 0 Å². The van der Waals surface area contributed by atoms with E-state index in [4.69, 9.17) is 4.43 Å². The average molecular weight is 369 g/mol. The van der Waals surface area contributed by atoms with E-state index in [2.05, 4.69) is 33.9 Å². The highest BCUT2D eigenvalue weighted by atomic mass is 32.1. The van der Waals surface area contributed by atoms with Gasteiger partial charge in [-0.05, 0) is 42.4 Å². The maximum absolute atomic E-state index is 12.7. The topological polar surface area (TPSA) is 53.2 Å². The minimum absolute atomic E-state index is 0.159. The van der Waals surface area contributed by atoms with Crippen LogP contribution >= 0.6 is 11.3 Å². The van der Waals surface area contributed by atoms with E-state index in [9.17, 15) is 9.59 Å². The van der Waals surface area contributed by atoms with E-state index < -0.39 is 8.32 Å². The summed E-state index contributed by atoms with van der Waals surface area (Å²) >= 11 is 1.44. The number of nitrogens with zero attached hydrogens (tertiary/aromatic N) is 2. The Morgan fingerprint density at radius 3 is 2.46 bits per heavy atom. The minimum atomic E-state index is -1.79. The van der Waals surface area contributed by atoms with Crippen LogP contribution in [0.4, 0.5) is 0 Å². The van der Waals surface area contributed by atoms with Gasteiger partial charge in [-0.3, -0.25) is 13.9 Å². The predicted octanol–water partition coefficient (Wildman–Crippen LogP) is 3.48. The van der Waals surface area contributed by atoms with Gasteiger partial charge in [-0.2, -0.15) is 0 Å². The highest BCUT2D eigenvalue weighted by Crippen LogP contribution is 2.36.